The number of hydrogen-bond acceptors (Lipinski definition) is 11. The first kappa shape index (κ1) is 31.0. The molecule has 3 rings (SSSR count). The third-order valence-corrected chi connectivity index (χ3v) is 6.39. The fourth-order valence-electron chi connectivity index (χ4n) is 4.28. The lowest BCUT2D eigenvalue weighted by molar-refractivity contribution is -0.204. The summed E-state index contributed by atoms with van der Waals surface area (Å²) in [5.41, 5.74) is -1.27. The molecule has 0 heterocycles. The Morgan fingerprint density at radius 1 is 0.756 bits per heavy atom. The summed E-state index contributed by atoms with van der Waals surface area (Å²) in [5, 5.41) is 30.7. The molecule has 2 aromatic carbocycles. The van der Waals surface area contributed by atoms with E-state index in [-0.39, 0.29) is 0 Å². The van der Waals surface area contributed by atoms with Gasteiger partial charge in [-0.15, -0.1) is 0 Å². The average Bonchev–Trinajstić information content (AvgIpc) is 2.96. The summed E-state index contributed by atoms with van der Waals surface area (Å²) in [6, 6.07) is 9.86. The Morgan fingerprint density at radius 3 is 1.66 bits per heavy atom. The Morgan fingerprint density at radius 2 is 1.22 bits per heavy atom. The van der Waals surface area contributed by atoms with Gasteiger partial charge in [0.25, 0.3) is 0 Å². The van der Waals surface area contributed by atoms with E-state index < -0.39 is 54.7 Å². The smallest absolute Gasteiger partial charge is 0.335 e. The second-order valence-corrected chi connectivity index (χ2v) is 9.08. The van der Waals surface area contributed by atoms with Gasteiger partial charge in [0.15, 0.2) is 34.7 Å². The van der Waals surface area contributed by atoms with Gasteiger partial charge in [0.05, 0.1) is 34.5 Å². The molecule has 0 aromatic heterocycles. The highest BCUT2D eigenvalue weighted by Crippen LogP contribution is 2.34. The molecule has 0 bridgehead atoms. The number of rotatable bonds is 11. The normalized spacial score (nSPS) is 22.2. The molecule has 0 saturated heterocycles. The van der Waals surface area contributed by atoms with Gasteiger partial charge in [0.2, 0.25) is 0 Å². The zero-order valence-electron chi connectivity index (χ0n) is 22.9. The number of hydrogen-bond donors (Lipinski definition) is 3. The first-order valence-corrected chi connectivity index (χ1v) is 12.4. The molecule has 0 unspecified atom stereocenters. The summed E-state index contributed by atoms with van der Waals surface area (Å²) < 4.78 is 31.6. The van der Waals surface area contributed by atoms with Gasteiger partial charge in [-0.05, 0) is 47.5 Å². The van der Waals surface area contributed by atoms with Gasteiger partial charge in [-0.2, -0.15) is 0 Å². The number of aliphatic carboxylic acids is 1. The molecular formula is C29H32O12. The van der Waals surface area contributed by atoms with E-state index in [0.29, 0.717) is 34.1 Å². The predicted molar refractivity (Wildman–Crippen MR) is 145 cm³/mol. The lowest BCUT2D eigenvalue weighted by Crippen LogP contribution is -2.58. The standard InChI is InChI=1S/C29H32O12/c1-36-20-9-5-17(13-22(20)38-3)7-11-25(31)40-24-16-29(35,28(33)34)15-19(30)27(24)41-26(32)12-8-18-6-10-21(37-2)23(14-18)39-4/h5-14,19,24,27,30,35H,15-16H2,1-4H3,(H,33,34)/b11-7+,12-8+/t19-,24-,27+,29-/m1/s1. The number of esters is 2. The topological polar surface area (TPSA) is 167 Å². The number of carbonyl (C=O) groups is 3. The Labute approximate surface area is 236 Å². The summed E-state index contributed by atoms with van der Waals surface area (Å²) in [5.74, 6) is -1.59. The Hall–Kier alpha value is -4.55. The van der Waals surface area contributed by atoms with Gasteiger partial charge in [0, 0.05) is 25.0 Å². The highest BCUT2D eigenvalue weighted by atomic mass is 16.6. The van der Waals surface area contributed by atoms with Gasteiger partial charge < -0.3 is 43.7 Å². The van der Waals surface area contributed by atoms with Gasteiger partial charge >= 0.3 is 17.9 Å². The average molecular weight is 573 g/mol. The number of carboxylic acids is 1. The second-order valence-electron chi connectivity index (χ2n) is 9.08. The van der Waals surface area contributed by atoms with E-state index in [1.54, 1.807) is 36.4 Å². The zero-order valence-corrected chi connectivity index (χ0v) is 22.9. The number of carboxylic acid groups (broad SMARTS) is 1. The summed E-state index contributed by atoms with van der Waals surface area (Å²) in [6.45, 7) is 0. The molecule has 12 nitrogen and oxygen atoms in total. The molecule has 1 saturated carbocycles. The van der Waals surface area contributed by atoms with Crippen molar-refractivity contribution in [3.05, 3.63) is 59.7 Å². The monoisotopic (exact) mass is 572 g/mol. The van der Waals surface area contributed by atoms with Gasteiger partial charge in [-0.3, -0.25) is 0 Å². The van der Waals surface area contributed by atoms with Crippen LogP contribution in [0.4, 0.5) is 0 Å². The van der Waals surface area contributed by atoms with Gasteiger partial charge in [0.1, 0.15) is 6.10 Å². The van der Waals surface area contributed by atoms with Gasteiger partial charge in [-0.25, -0.2) is 14.4 Å². The Bertz CT molecular complexity index is 1320. The van der Waals surface area contributed by atoms with Gasteiger partial charge in [-0.1, -0.05) is 12.1 Å². The predicted octanol–water partition coefficient (Wildman–Crippen LogP) is 2.24. The molecule has 0 radical (unpaired) electrons. The van der Waals surface area contributed by atoms with E-state index in [0.717, 1.165) is 12.2 Å². The van der Waals surface area contributed by atoms with E-state index in [4.69, 9.17) is 28.4 Å². The van der Waals surface area contributed by atoms with Crippen LogP contribution in [0, 0.1) is 0 Å². The number of ether oxygens (including phenoxy) is 6. The third-order valence-electron chi connectivity index (χ3n) is 6.39. The molecule has 0 aliphatic heterocycles. The van der Waals surface area contributed by atoms with Crippen LogP contribution in [-0.2, 0) is 23.9 Å². The maximum Gasteiger partial charge on any atom is 0.335 e. The maximum atomic E-state index is 12.7. The molecular weight excluding hydrogens is 540 g/mol. The molecule has 220 valence electrons. The van der Waals surface area contributed by atoms with Crippen molar-refractivity contribution in [3.8, 4) is 23.0 Å². The SMILES string of the molecule is COc1ccc(/C=C/C(=O)O[C@H]2[C@H](O)C[C@](O)(C(=O)O)C[C@H]2OC(=O)/C=C/c2ccc(OC)c(OC)c2)cc1OC. The van der Waals surface area contributed by atoms with Crippen LogP contribution in [-0.4, -0.2) is 85.6 Å². The van der Waals surface area contributed by atoms with Crippen molar-refractivity contribution in [2.24, 2.45) is 0 Å². The molecule has 12 heteroatoms. The van der Waals surface area contributed by atoms with Crippen molar-refractivity contribution in [2.45, 2.75) is 36.8 Å². The minimum atomic E-state index is -2.41. The molecule has 41 heavy (non-hydrogen) atoms. The molecule has 1 aliphatic rings. The quantitative estimate of drug-likeness (QED) is 0.266. The summed E-state index contributed by atoms with van der Waals surface area (Å²) >= 11 is 0. The van der Waals surface area contributed by atoms with Crippen molar-refractivity contribution >= 4 is 30.1 Å². The van der Waals surface area contributed by atoms with Crippen LogP contribution in [0.25, 0.3) is 12.2 Å². The second kappa shape index (κ2) is 13.7. The van der Waals surface area contributed by atoms with E-state index in [2.05, 4.69) is 0 Å². The lowest BCUT2D eigenvalue weighted by Gasteiger charge is -2.40. The number of aliphatic hydroxyl groups excluding tert-OH is 1. The minimum absolute atomic E-state index is 0.429. The van der Waals surface area contributed by atoms with Crippen LogP contribution in [0.1, 0.15) is 24.0 Å². The van der Waals surface area contributed by atoms with E-state index in [9.17, 15) is 29.7 Å². The van der Waals surface area contributed by atoms with Crippen LogP contribution < -0.4 is 18.9 Å². The fourth-order valence-corrected chi connectivity index (χ4v) is 4.28. The highest BCUT2D eigenvalue weighted by Gasteiger charge is 2.52. The largest absolute Gasteiger partial charge is 0.493 e. The van der Waals surface area contributed by atoms with Crippen LogP contribution >= 0.6 is 0 Å². The molecule has 3 N–H and O–H groups in total. The molecule has 4 atom stereocenters. The lowest BCUT2D eigenvalue weighted by atomic mass is 9.79. The van der Waals surface area contributed by atoms with Crippen molar-refractivity contribution < 1.29 is 58.1 Å². The van der Waals surface area contributed by atoms with E-state index in [1.165, 1.54) is 40.6 Å². The van der Waals surface area contributed by atoms with Crippen molar-refractivity contribution in [3.63, 3.8) is 0 Å². The summed E-state index contributed by atoms with van der Waals surface area (Å²) in [4.78, 5) is 37.0. The van der Waals surface area contributed by atoms with Crippen molar-refractivity contribution in [1.82, 2.24) is 0 Å². The number of aliphatic hydroxyl groups is 2. The minimum Gasteiger partial charge on any atom is -0.493 e. The molecule has 0 spiro atoms. The van der Waals surface area contributed by atoms with Crippen molar-refractivity contribution in [2.75, 3.05) is 28.4 Å². The summed E-state index contributed by atoms with van der Waals surface area (Å²) in [6.07, 6.45) is -0.825. The number of methoxy groups -OCH3 is 4. The fraction of sp³-hybridized carbons (Fsp3) is 0.345. The van der Waals surface area contributed by atoms with Crippen LogP contribution in [0.2, 0.25) is 0 Å². The third kappa shape index (κ3) is 7.77. The summed E-state index contributed by atoms with van der Waals surface area (Å²) in [7, 11) is 5.90. The van der Waals surface area contributed by atoms with Crippen LogP contribution in [0.3, 0.4) is 0 Å². The highest BCUT2D eigenvalue weighted by molar-refractivity contribution is 5.88. The first-order valence-electron chi connectivity index (χ1n) is 12.4. The molecule has 1 aliphatic carbocycles. The Kier molecular flexibility index (Phi) is 10.3. The molecule has 2 aromatic rings. The van der Waals surface area contributed by atoms with Crippen LogP contribution in [0.5, 0.6) is 23.0 Å². The maximum absolute atomic E-state index is 12.7. The first-order chi connectivity index (χ1) is 19.5. The molecule has 1 fully saturated rings. The number of benzene rings is 2. The van der Waals surface area contributed by atoms with Crippen molar-refractivity contribution in [1.29, 1.82) is 0 Å². The van der Waals surface area contributed by atoms with E-state index in [1.807, 2.05) is 0 Å². The van der Waals surface area contributed by atoms with Crippen LogP contribution in [0.15, 0.2) is 48.6 Å². The Balaban J connectivity index is 1.76. The molecule has 0 amide bonds. The zero-order chi connectivity index (χ0) is 30.2. The van der Waals surface area contributed by atoms with E-state index >= 15 is 0 Å². The number of carbonyl (C=O) groups excluding carboxylic acids is 2.